The van der Waals surface area contributed by atoms with E-state index in [0.717, 1.165) is 0 Å². The first kappa shape index (κ1) is 6.76. The number of nitriles is 1. The second-order valence-corrected chi connectivity index (χ2v) is 7.60. The molecular formula is C7H5HgN. The van der Waals surface area contributed by atoms with Gasteiger partial charge in [0.2, 0.25) is 0 Å². The van der Waals surface area contributed by atoms with Crippen molar-refractivity contribution in [2.24, 2.45) is 0 Å². The second kappa shape index (κ2) is 3.63. The van der Waals surface area contributed by atoms with E-state index in [4.69, 9.17) is 5.26 Å². The number of nitrogens with zero attached hydrogens (tertiary/aromatic N) is 1. The predicted octanol–water partition coefficient (Wildman–Crippen LogP) is 0.875. The topological polar surface area (TPSA) is 23.8 Å². The van der Waals surface area contributed by atoms with Gasteiger partial charge in [0.05, 0.1) is 0 Å². The van der Waals surface area contributed by atoms with Crippen molar-refractivity contribution >= 4 is 3.07 Å². The maximum absolute atomic E-state index is 8.37. The first-order valence-electron chi connectivity index (χ1n) is 2.84. The van der Waals surface area contributed by atoms with Crippen LogP contribution in [-0.2, 0) is 24.6 Å². The van der Waals surface area contributed by atoms with E-state index in [9.17, 15) is 0 Å². The molecule has 0 aliphatic carbocycles. The number of hydrogen-bond acceptors (Lipinski definition) is 1. The summed E-state index contributed by atoms with van der Waals surface area (Å²) in [5, 5.41) is 8.37. The molecular weight excluding hydrogens is 299 g/mol. The standard InChI is InChI=1S/C6H5.CN.Hg/c1-2-4-6-5-3-1;1-2;/h1-5H;;. The fourth-order valence-electron chi connectivity index (χ4n) is 0.687. The van der Waals surface area contributed by atoms with Crippen molar-refractivity contribution < 1.29 is 24.6 Å². The van der Waals surface area contributed by atoms with Gasteiger partial charge in [-0.1, -0.05) is 0 Å². The molecule has 0 bridgehead atoms. The van der Waals surface area contributed by atoms with Gasteiger partial charge in [-0.2, -0.15) is 0 Å². The monoisotopic (exact) mass is 305 g/mol. The molecule has 1 nitrogen and oxygen atoms in total. The normalized spacial score (nSPS) is 7.44. The predicted molar refractivity (Wildman–Crippen MR) is 31.7 cm³/mol. The van der Waals surface area contributed by atoms with E-state index >= 15 is 0 Å². The van der Waals surface area contributed by atoms with Gasteiger partial charge in [0.1, 0.15) is 0 Å². The molecule has 0 N–H and O–H groups in total. The molecule has 40 valence electrons. The molecule has 2 heteroatoms. The SMILES string of the molecule is N#[C][Hg][c]1ccccc1. The fourth-order valence-corrected chi connectivity index (χ4v) is 3.37. The molecule has 0 amide bonds. The molecule has 0 fully saturated rings. The molecule has 0 saturated heterocycles. The van der Waals surface area contributed by atoms with E-state index in [-0.39, 0.29) is 0 Å². The minimum absolute atomic E-state index is 1.26. The summed E-state index contributed by atoms with van der Waals surface area (Å²) in [5.74, 6) is 0. The second-order valence-electron chi connectivity index (χ2n) is 1.82. The molecule has 0 aliphatic rings. The van der Waals surface area contributed by atoms with E-state index in [1.807, 2.05) is 30.3 Å². The van der Waals surface area contributed by atoms with Crippen molar-refractivity contribution in [3.8, 4) is 3.58 Å². The summed E-state index contributed by atoms with van der Waals surface area (Å²) in [6.45, 7) is 0. The van der Waals surface area contributed by atoms with Crippen LogP contribution in [0.3, 0.4) is 0 Å². The Kier molecular flexibility index (Phi) is 2.73. The van der Waals surface area contributed by atoms with Crippen molar-refractivity contribution in [3.63, 3.8) is 0 Å². The van der Waals surface area contributed by atoms with E-state index in [1.165, 1.54) is 3.07 Å². The van der Waals surface area contributed by atoms with Crippen molar-refractivity contribution in [3.05, 3.63) is 30.3 Å². The van der Waals surface area contributed by atoms with Crippen molar-refractivity contribution in [1.82, 2.24) is 0 Å². The van der Waals surface area contributed by atoms with E-state index in [2.05, 4.69) is 3.58 Å². The van der Waals surface area contributed by atoms with Gasteiger partial charge in [-0.3, -0.25) is 0 Å². The van der Waals surface area contributed by atoms with Crippen LogP contribution in [0.25, 0.3) is 0 Å². The van der Waals surface area contributed by atoms with Gasteiger partial charge in [-0.25, -0.2) is 0 Å². The Hall–Kier alpha value is -0.355. The molecule has 1 aromatic rings. The molecule has 0 saturated carbocycles. The Morgan fingerprint density at radius 3 is 2.44 bits per heavy atom. The van der Waals surface area contributed by atoms with Crippen LogP contribution >= 0.6 is 0 Å². The van der Waals surface area contributed by atoms with Gasteiger partial charge in [-0.15, -0.1) is 0 Å². The average molecular weight is 304 g/mol. The van der Waals surface area contributed by atoms with Crippen LogP contribution in [0.1, 0.15) is 0 Å². The molecule has 0 radical (unpaired) electrons. The Balaban J connectivity index is 2.76. The average Bonchev–Trinajstić information content (AvgIpc) is 1.91. The number of hydrogen-bond donors (Lipinski definition) is 0. The summed E-state index contributed by atoms with van der Waals surface area (Å²) in [6, 6.07) is 10.1. The Bertz CT molecular complexity index is 212. The molecule has 0 spiro atoms. The molecule has 0 aliphatic heterocycles. The van der Waals surface area contributed by atoms with E-state index < -0.39 is 24.6 Å². The van der Waals surface area contributed by atoms with Gasteiger partial charge >= 0.3 is 66.8 Å². The van der Waals surface area contributed by atoms with Crippen molar-refractivity contribution in [1.29, 1.82) is 5.26 Å². The third-order valence-corrected chi connectivity index (χ3v) is 5.16. The fraction of sp³-hybridized carbons (Fsp3) is 0. The van der Waals surface area contributed by atoms with Gasteiger partial charge < -0.3 is 0 Å². The molecule has 0 atom stereocenters. The summed E-state index contributed by atoms with van der Waals surface area (Å²) in [4.78, 5) is 0. The first-order chi connectivity index (χ1) is 4.43. The Morgan fingerprint density at radius 1 is 1.22 bits per heavy atom. The summed E-state index contributed by atoms with van der Waals surface area (Å²) in [5.41, 5.74) is 0. The molecule has 1 rings (SSSR count). The zero-order valence-electron chi connectivity index (χ0n) is 5.04. The zero-order chi connectivity index (χ0) is 6.53. The zero-order valence-corrected chi connectivity index (χ0v) is 10.5. The Labute approximate surface area is 66.7 Å². The van der Waals surface area contributed by atoms with Crippen molar-refractivity contribution in [2.75, 3.05) is 0 Å². The third kappa shape index (κ3) is 2.15. The summed E-state index contributed by atoms with van der Waals surface area (Å²) in [6.07, 6.45) is 0. The molecule has 0 aromatic heterocycles. The number of rotatable bonds is 1. The maximum atomic E-state index is 8.37. The summed E-state index contributed by atoms with van der Waals surface area (Å²) < 4.78 is 3.61. The van der Waals surface area contributed by atoms with Crippen LogP contribution in [0.15, 0.2) is 30.3 Å². The van der Waals surface area contributed by atoms with E-state index in [1.54, 1.807) is 0 Å². The van der Waals surface area contributed by atoms with Crippen molar-refractivity contribution in [2.45, 2.75) is 0 Å². The molecule has 0 unspecified atom stereocenters. The van der Waals surface area contributed by atoms with Crippen LogP contribution in [0.4, 0.5) is 0 Å². The Morgan fingerprint density at radius 2 is 1.89 bits per heavy atom. The van der Waals surface area contributed by atoms with Gasteiger partial charge in [-0.05, 0) is 0 Å². The van der Waals surface area contributed by atoms with Crippen LogP contribution in [0.5, 0.6) is 0 Å². The van der Waals surface area contributed by atoms with Crippen LogP contribution < -0.4 is 3.07 Å². The minimum atomic E-state index is -1.26. The third-order valence-electron chi connectivity index (χ3n) is 1.13. The van der Waals surface area contributed by atoms with E-state index in [0.29, 0.717) is 0 Å². The van der Waals surface area contributed by atoms with Gasteiger partial charge in [0, 0.05) is 0 Å². The van der Waals surface area contributed by atoms with Crippen LogP contribution in [-0.4, -0.2) is 0 Å². The van der Waals surface area contributed by atoms with Gasteiger partial charge in [0.25, 0.3) is 0 Å². The molecule has 0 heterocycles. The van der Waals surface area contributed by atoms with Crippen LogP contribution in [0.2, 0.25) is 0 Å². The summed E-state index contributed by atoms with van der Waals surface area (Å²) >= 11 is -1.26. The molecule has 9 heavy (non-hydrogen) atoms. The van der Waals surface area contributed by atoms with Crippen LogP contribution in [0, 0.1) is 8.84 Å². The van der Waals surface area contributed by atoms with Gasteiger partial charge in [0.15, 0.2) is 0 Å². The first-order valence-corrected chi connectivity index (χ1v) is 8.34. The summed E-state index contributed by atoms with van der Waals surface area (Å²) in [7, 11) is 0. The molecule has 1 aromatic carbocycles. The quantitative estimate of drug-likeness (QED) is 0.707. The number of benzene rings is 1.